The van der Waals surface area contributed by atoms with Crippen LogP contribution in [0.5, 0.6) is 5.75 Å². The van der Waals surface area contributed by atoms with Gasteiger partial charge in [0.15, 0.2) is 0 Å². The molecule has 0 saturated heterocycles. The maximum absolute atomic E-state index is 11.0. The number of hydrogen-bond acceptors (Lipinski definition) is 3. The molecule has 4 nitrogen and oxygen atoms in total. The Kier molecular flexibility index (Phi) is 5.62. The number of rotatable bonds is 6. The number of hydrogen-bond donors (Lipinski definition) is 2. The van der Waals surface area contributed by atoms with Crippen molar-refractivity contribution in [3.63, 3.8) is 0 Å². The van der Waals surface area contributed by atoms with Crippen molar-refractivity contribution in [1.82, 2.24) is 5.32 Å². The molecule has 0 spiro atoms. The predicted octanol–water partition coefficient (Wildman–Crippen LogP) is 2.66. The first-order valence-corrected chi connectivity index (χ1v) is 6.53. The highest BCUT2D eigenvalue weighted by Crippen LogP contribution is 2.25. The Morgan fingerprint density at radius 2 is 2.17 bits per heavy atom. The molecular formula is C13H18BrNO3. The highest BCUT2D eigenvalue weighted by molar-refractivity contribution is 9.10. The van der Waals surface area contributed by atoms with Crippen LogP contribution in [0.1, 0.15) is 19.4 Å². The molecule has 1 unspecified atom stereocenters. The molecule has 0 radical (unpaired) electrons. The molecular weight excluding hydrogens is 298 g/mol. The average Bonchev–Trinajstić information content (AvgIpc) is 2.28. The quantitative estimate of drug-likeness (QED) is 0.847. The van der Waals surface area contributed by atoms with E-state index < -0.39 is 12.0 Å². The summed E-state index contributed by atoms with van der Waals surface area (Å²) in [6, 6.07) is 5.15. The minimum absolute atomic E-state index is 0.0455. The zero-order valence-electron chi connectivity index (χ0n) is 10.7. The van der Waals surface area contributed by atoms with Gasteiger partial charge in [-0.2, -0.15) is 0 Å². The van der Waals surface area contributed by atoms with Gasteiger partial charge in [-0.05, 0) is 39.5 Å². The Bertz CT molecular complexity index is 421. The largest absolute Gasteiger partial charge is 0.496 e. The molecule has 1 atom stereocenters. The van der Waals surface area contributed by atoms with Crippen LogP contribution in [0.2, 0.25) is 0 Å². The monoisotopic (exact) mass is 315 g/mol. The van der Waals surface area contributed by atoms with Gasteiger partial charge in [0.2, 0.25) is 0 Å². The lowest BCUT2D eigenvalue weighted by Crippen LogP contribution is -2.40. The SMILES string of the molecule is COc1ccc(CNC(C(=O)O)C(C)C)cc1Br. The van der Waals surface area contributed by atoms with E-state index in [2.05, 4.69) is 21.2 Å². The maximum Gasteiger partial charge on any atom is 0.320 e. The summed E-state index contributed by atoms with van der Waals surface area (Å²) in [6.07, 6.45) is 0. The van der Waals surface area contributed by atoms with Gasteiger partial charge in [-0.1, -0.05) is 19.9 Å². The number of carbonyl (C=O) groups is 1. The lowest BCUT2D eigenvalue weighted by molar-refractivity contribution is -0.140. The molecule has 0 heterocycles. The lowest BCUT2D eigenvalue weighted by atomic mass is 10.0. The topological polar surface area (TPSA) is 58.6 Å². The van der Waals surface area contributed by atoms with Gasteiger partial charge in [0.25, 0.3) is 0 Å². The Morgan fingerprint density at radius 1 is 1.50 bits per heavy atom. The highest BCUT2D eigenvalue weighted by Gasteiger charge is 2.20. The molecule has 1 rings (SSSR count). The van der Waals surface area contributed by atoms with E-state index in [4.69, 9.17) is 9.84 Å². The van der Waals surface area contributed by atoms with E-state index in [0.29, 0.717) is 6.54 Å². The first-order valence-electron chi connectivity index (χ1n) is 5.74. The molecule has 0 aliphatic rings. The molecule has 0 aliphatic carbocycles. The van der Waals surface area contributed by atoms with Crippen LogP contribution in [0, 0.1) is 5.92 Å². The van der Waals surface area contributed by atoms with Crippen LogP contribution in [0.3, 0.4) is 0 Å². The third-order valence-corrected chi connectivity index (χ3v) is 3.29. The molecule has 100 valence electrons. The fraction of sp³-hybridized carbons (Fsp3) is 0.462. The van der Waals surface area contributed by atoms with Crippen LogP contribution in [0.25, 0.3) is 0 Å². The van der Waals surface area contributed by atoms with Crippen molar-refractivity contribution in [2.24, 2.45) is 5.92 Å². The average molecular weight is 316 g/mol. The molecule has 1 aromatic carbocycles. The summed E-state index contributed by atoms with van der Waals surface area (Å²) in [5.41, 5.74) is 1.01. The second-order valence-electron chi connectivity index (χ2n) is 4.41. The summed E-state index contributed by atoms with van der Waals surface area (Å²) < 4.78 is 6.00. The van der Waals surface area contributed by atoms with Gasteiger partial charge < -0.3 is 15.2 Å². The van der Waals surface area contributed by atoms with Gasteiger partial charge >= 0.3 is 5.97 Å². The van der Waals surface area contributed by atoms with E-state index in [1.807, 2.05) is 32.0 Å². The maximum atomic E-state index is 11.0. The molecule has 0 aliphatic heterocycles. The predicted molar refractivity (Wildman–Crippen MR) is 73.8 cm³/mol. The van der Waals surface area contributed by atoms with Gasteiger partial charge in [-0.15, -0.1) is 0 Å². The number of benzene rings is 1. The van der Waals surface area contributed by atoms with E-state index in [9.17, 15) is 4.79 Å². The Morgan fingerprint density at radius 3 is 2.61 bits per heavy atom. The van der Waals surface area contributed by atoms with Crippen molar-refractivity contribution in [3.8, 4) is 5.75 Å². The van der Waals surface area contributed by atoms with Crippen LogP contribution in [-0.4, -0.2) is 24.2 Å². The van der Waals surface area contributed by atoms with Gasteiger partial charge in [0.1, 0.15) is 11.8 Å². The summed E-state index contributed by atoms with van der Waals surface area (Å²) >= 11 is 3.40. The highest BCUT2D eigenvalue weighted by atomic mass is 79.9. The minimum Gasteiger partial charge on any atom is -0.496 e. The zero-order valence-corrected chi connectivity index (χ0v) is 12.3. The summed E-state index contributed by atoms with van der Waals surface area (Å²) in [7, 11) is 1.61. The Balaban J connectivity index is 2.68. The summed E-state index contributed by atoms with van der Waals surface area (Å²) in [5, 5.41) is 12.1. The fourth-order valence-corrected chi connectivity index (χ4v) is 2.24. The third kappa shape index (κ3) is 3.99. The summed E-state index contributed by atoms with van der Waals surface area (Å²) in [5.74, 6) is -0.0147. The molecule has 0 bridgehead atoms. The molecule has 0 aromatic heterocycles. The minimum atomic E-state index is -0.822. The number of halogens is 1. The molecule has 0 fully saturated rings. The number of methoxy groups -OCH3 is 1. The van der Waals surface area contributed by atoms with Crippen molar-refractivity contribution in [3.05, 3.63) is 28.2 Å². The van der Waals surface area contributed by atoms with Crippen LogP contribution >= 0.6 is 15.9 Å². The normalized spacial score (nSPS) is 12.5. The van der Waals surface area contributed by atoms with Crippen molar-refractivity contribution in [2.75, 3.05) is 7.11 Å². The van der Waals surface area contributed by atoms with Crippen LogP contribution in [0.4, 0.5) is 0 Å². The second kappa shape index (κ2) is 6.75. The van der Waals surface area contributed by atoms with Crippen LogP contribution in [-0.2, 0) is 11.3 Å². The lowest BCUT2D eigenvalue weighted by Gasteiger charge is -2.18. The summed E-state index contributed by atoms with van der Waals surface area (Å²) in [4.78, 5) is 11.0. The first-order chi connectivity index (χ1) is 8.45. The number of carboxylic acids is 1. The number of carboxylic acid groups (broad SMARTS) is 1. The van der Waals surface area contributed by atoms with Gasteiger partial charge in [-0.25, -0.2) is 0 Å². The second-order valence-corrected chi connectivity index (χ2v) is 5.26. The van der Waals surface area contributed by atoms with Crippen molar-refractivity contribution in [2.45, 2.75) is 26.4 Å². The molecule has 18 heavy (non-hydrogen) atoms. The van der Waals surface area contributed by atoms with Gasteiger partial charge in [0, 0.05) is 6.54 Å². The van der Waals surface area contributed by atoms with Gasteiger partial charge in [-0.3, -0.25) is 4.79 Å². The number of nitrogens with one attached hydrogen (secondary N) is 1. The van der Waals surface area contributed by atoms with Crippen molar-refractivity contribution in [1.29, 1.82) is 0 Å². The van der Waals surface area contributed by atoms with Crippen molar-refractivity contribution < 1.29 is 14.6 Å². The fourth-order valence-electron chi connectivity index (χ4n) is 1.66. The van der Waals surface area contributed by atoms with E-state index in [-0.39, 0.29) is 5.92 Å². The third-order valence-electron chi connectivity index (χ3n) is 2.68. The van der Waals surface area contributed by atoms with Crippen LogP contribution < -0.4 is 10.1 Å². The van der Waals surface area contributed by atoms with E-state index in [1.54, 1.807) is 7.11 Å². The van der Waals surface area contributed by atoms with Crippen LogP contribution in [0.15, 0.2) is 22.7 Å². The molecule has 5 heteroatoms. The standard InChI is InChI=1S/C13H18BrNO3/c1-8(2)12(13(16)17)15-7-9-4-5-11(18-3)10(14)6-9/h4-6,8,12,15H,7H2,1-3H3,(H,16,17). The zero-order chi connectivity index (χ0) is 13.7. The Labute approximate surface area is 115 Å². The summed E-state index contributed by atoms with van der Waals surface area (Å²) in [6.45, 7) is 4.28. The molecule has 0 saturated carbocycles. The first kappa shape index (κ1) is 15.0. The van der Waals surface area contributed by atoms with Gasteiger partial charge in [0.05, 0.1) is 11.6 Å². The molecule has 0 amide bonds. The van der Waals surface area contributed by atoms with E-state index >= 15 is 0 Å². The molecule has 2 N–H and O–H groups in total. The smallest absolute Gasteiger partial charge is 0.320 e. The van der Waals surface area contributed by atoms with E-state index in [1.165, 1.54) is 0 Å². The Hall–Kier alpha value is -1.07. The molecule has 1 aromatic rings. The number of aliphatic carboxylic acids is 1. The number of ether oxygens (including phenoxy) is 1. The van der Waals surface area contributed by atoms with E-state index in [0.717, 1.165) is 15.8 Å². The van der Waals surface area contributed by atoms with Crippen molar-refractivity contribution >= 4 is 21.9 Å².